The van der Waals surface area contributed by atoms with Crippen molar-refractivity contribution in [1.82, 2.24) is 4.98 Å². The quantitative estimate of drug-likeness (QED) is 0.885. The van der Waals surface area contributed by atoms with Gasteiger partial charge in [0.25, 0.3) is 0 Å². The van der Waals surface area contributed by atoms with Gasteiger partial charge in [-0.05, 0) is 49.9 Å². The first-order valence-electron chi connectivity index (χ1n) is 8.94. The highest BCUT2D eigenvalue weighted by Crippen LogP contribution is 2.52. The lowest BCUT2D eigenvalue weighted by Gasteiger charge is -2.21. The van der Waals surface area contributed by atoms with E-state index in [1.807, 2.05) is 0 Å². The molecule has 1 aromatic rings. The zero-order valence-corrected chi connectivity index (χ0v) is 15.4. The van der Waals surface area contributed by atoms with E-state index in [0.717, 1.165) is 24.0 Å². The second-order valence-corrected chi connectivity index (χ2v) is 10.8. The molecule has 1 N–H and O–H groups in total. The fourth-order valence-electron chi connectivity index (χ4n) is 4.83. The Kier molecular flexibility index (Phi) is 4.41. The minimum Gasteiger partial charge on any atom is -0.302 e. The topological polar surface area (TPSA) is 76.1 Å². The van der Waals surface area contributed by atoms with Gasteiger partial charge in [0.2, 0.25) is 5.91 Å². The summed E-state index contributed by atoms with van der Waals surface area (Å²) in [4.78, 5) is 16.9. The van der Waals surface area contributed by atoms with Crippen molar-refractivity contribution in [3.05, 3.63) is 11.1 Å². The minimum absolute atomic E-state index is 0.0475. The molecule has 4 atom stereocenters. The van der Waals surface area contributed by atoms with Gasteiger partial charge in [-0.2, -0.15) is 0 Å². The molecule has 5 nitrogen and oxygen atoms in total. The average molecular weight is 369 g/mol. The van der Waals surface area contributed by atoms with Crippen molar-refractivity contribution in [2.75, 3.05) is 16.8 Å². The van der Waals surface area contributed by atoms with Gasteiger partial charge in [-0.1, -0.05) is 6.42 Å². The smallest absolute Gasteiger partial charge is 0.226 e. The van der Waals surface area contributed by atoms with Gasteiger partial charge >= 0.3 is 0 Å². The van der Waals surface area contributed by atoms with E-state index in [9.17, 15) is 13.2 Å². The molecule has 0 radical (unpaired) electrons. The highest BCUT2D eigenvalue weighted by molar-refractivity contribution is 7.91. The summed E-state index contributed by atoms with van der Waals surface area (Å²) >= 11 is 1.49. The van der Waals surface area contributed by atoms with Gasteiger partial charge in [-0.25, -0.2) is 13.4 Å². The number of anilines is 1. The molecular formula is C17H24N2O3S2. The molecule has 0 unspecified atom stereocenters. The van der Waals surface area contributed by atoms with Gasteiger partial charge in [0.15, 0.2) is 15.0 Å². The van der Waals surface area contributed by atoms with Crippen LogP contribution < -0.4 is 5.32 Å². The number of thiazole rings is 1. The van der Waals surface area contributed by atoms with Gasteiger partial charge in [-0.15, -0.1) is 11.3 Å². The maximum atomic E-state index is 12.2. The van der Waals surface area contributed by atoms with Gasteiger partial charge in [0.1, 0.15) is 0 Å². The summed E-state index contributed by atoms with van der Waals surface area (Å²) in [5.41, 5.74) is 1.14. The van der Waals surface area contributed by atoms with Gasteiger partial charge in [0, 0.05) is 17.7 Å². The van der Waals surface area contributed by atoms with Crippen LogP contribution in [-0.2, 0) is 14.6 Å². The third-order valence-electron chi connectivity index (χ3n) is 5.92. The van der Waals surface area contributed by atoms with Crippen molar-refractivity contribution < 1.29 is 13.2 Å². The second kappa shape index (κ2) is 6.41. The molecule has 0 aromatic carbocycles. The number of amides is 1. The Hall–Kier alpha value is -0.950. The number of fused-ring (bicyclic) bond motifs is 2. The van der Waals surface area contributed by atoms with E-state index >= 15 is 0 Å². The largest absolute Gasteiger partial charge is 0.302 e. The highest BCUT2D eigenvalue weighted by atomic mass is 32.2. The summed E-state index contributed by atoms with van der Waals surface area (Å²) in [5.74, 6) is 2.51. The first-order valence-corrected chi connectivity index (χ1v) is 11.6. The zero-order chi connectivity index (χ0) is 16.7. The Morgan fingerprint density at radius 3 is 2.88 bits per heavy atom. The van der Waals surface area contributed by atoms with Gasteiger partial charge < -0.3 is 5.32 Å². The summed E-state index contributed by atoms with van der Waals surface area (Å²) < 4.78 is 23.3. The molecule has 1 aliphatic heterocycles. The van der Waals surface area contributed by atoms with Crippen LogP contribution in [0, 0.1) is 17.8 Å². The average Bonchev–Trinajstić information content (AvgIpc) is 3.21. The lowest BCUT2D eigenvalue weighted by Crippen LogP contribution is -2.28. The van der Waals surface area contributed by atoms with Crippen molar-refractivity contribution in [3.8, 4) is 0 Å². The van der Waals surface area contributed by atoms with Crippen molar-refractivity contribution in [3.63, 3.8) is 0 Å². The van der Waals surface area contributed by atoms with E-state index in [2.05, 4.69) is 15.7 Å². The van der Waals surface area contributed by atoms with Gasteiger partial charge in [-0.3, -0.25) is 4.79 Å². The first-order chi connectivity index (χ1) is 11.5. The number of hydrogen-bond acceptors (Lipinski definition) is 5. The van der Waals surface area contributed by atoms with Crippen LogP contribution in [-0.4, -0.2) is 30.8 Å². The lowest BCUT2D eigenvalue weighted by molar-refractivity contribution is -0.117. The Balaban J connectivity index is 1.33. The van der Waals surface area contributed by atoms with Crippen LogP contribution in [0.2, 0.25) is 0 Å². The van der Waals surface area contributed by atoms with Crippen molar-refractivity contribution in [2.45, 2.75) is 50.9 Å². The predicted octanol–water partition coefficient (Wildman–Crippen LogP) is 3.20. The van der Waals surface area contributed by atoms with Crippen molar-refractivity contribution >= 4 is 32.2 Å². The minimum atomic E-state index is -2.96. The maximum Gasteiger partial charge on any atom is 0.226 e. The number of sulfone groups is 1. The molecule has 1 amide bonds. The molecule has 24 heavy (non-hydrogen) atoms. The molecule has 2 bridgehead atoms. The first kappa shape index (κ1) is 16.5. The molecule has 4 rings (SSSR count). The van der Waals surface area contributed by atoms with Crippen LogP contribution in [0.3, 0.4) is 0 Å². The van der Waals surface area contributed by atoms with E-state index in [1.165, 1.54) is 37.0 Å². The number of hydrogen-bond donors (Lipinski definition) is 1. The van der Waals surface area contributed by atoms with E-state index in [0.29, 0.717) is 17.5 Å². The molecule has 132 valence electrons. The number of nitrogens with zero attached hydrogens (tertiary/aromatic N) is 1. The summed E-state index contributed by atoms with van der Waals surface area (Å²) in [7, 11) is -2.96. The Morgan fingerprint density at radius 1 is 1.29 bits per heavy atom. The Labute approximate surface area is 147 Å². The van der Waals surface area contributed by atoms with E-state index in [1.54, 1.807) is 0 Å². The highest BCUT2D eigenvalue weighted by Gasteiger charge is 2.41. The predicted molar refractivity (Wildman–Crippen MR) is 94.9 cm³/mol. The standard InChI is InChI=1S/C17H24N2O3S2/c20-16(8-12-2-1-5-24(21,22)10-12)19-17-18-15(9-23-17)14-7-11-3-4-13(14)6-11/h9,11-14H,1-8,10H2,(H,18,19,20)/t11-,12-,13-,14-/m0/s1. The van der Waals surface area contributed by atoms with Crippen molar-refractivity contribution in [2.24, 2.45) is 17.8 Å². The lowest BCUT2D eigenvalue weighted by atomic mass is 9.87. The van der Waals surface area contributed by atoms with Crippen LogP contribution in [0.25, 0.3) is 0 Å². The molecule has 1 aromatic heterocycles. The number of carbonyl (C=O) groups excluding carboxylic acids is 1. The molecule has 3 fully saturated rings. The van der Waals surface area contributed by atoms with E-state index in [4.69, 9.17) is 0 Å². The van der Waals surface area contributed by atoms with E-state index in [-0.39, 0.29) is 29.8 Å². The van der Waals surface area contributed by atoms with E-state index < -0.39 is 9.84 Å². The molecule has 2 saturated carbocycles. The van der Waals surface area contributed by atoms with Crippen LogP contribution in [0.15, 0.2) is 5.38 Å². The SMILES string of the molecule is O=C(C[C@@H]1CCCS(=O)(=O)C1)Nc1nc([C@H]2C[C@H]3CC[C@H]2C3)cs1. The molecule has 7 heteroatoms. The summed E-state index contributed by atoms with van der Waals surface area (Å²) in [6, 6.07) is 0. The molecule has 3 aliphatic rings. The number of carbonyl (C=O) groups is 1. The fourth-order valence-corrected chi connectivity index (χ4v) is 7.40. The summed E-state index contributed by atoms with van der Waals surface area (Å²) in [6.07, 6.45) is 7.07. The second-order valence-electron chi connectivity index (χ2n) is 7.73. The van der Waals surface area contributed by atoms with Crippen LogP contribution in [0.5, 0.6) is 0 Å². The summed E-state index contributed by atoms with van der Waals surface area (Å²) in [5, 5.41) is 5.63. The maximum absolute atomic E-state index is 12.2. The zero-order valence-electron chi connectivity index (χ0n) is 13.7. The molecule has 2 aliphatic carbocycles. The summed E-state index contributed by atoms with van der Waals surface area (Å²) in [6.45, 7) is 0. The Bertz CT molecular complexity index is 728. The van der Waals surface area contributed by atoms with Crippen LogP contribution >= 0.6 is 11.3 Å². The van der Waals surface area contributed by atoms with Crippen LogP contribution in [0.1, 0.15) is 56.6 Å². The number of rotatable bonds is 4. The normalized spacial score (nSPS) is 34.3. The number of aromatic nitrogens is 1. The monoisotopic (exact) mass is 368 g/mol. The Morgan fingerprint density at radius 2 is 2.17 bits per heavy atom. The number of nitrogens with one attached hydrogen (secondary N) is 1. The van der Waals surface area contributed by atoms with Crippen molar-refractivity contribution in [1.29, 1.82) is 0 Å². The fraction of sp³-hybridized carbons (Fsp3) is 0.765. The van der Waals surface area contributed by atoms with Gasteiger partial charge in [0.05, 0.1) is 17.2 Å². The molecule has 1 saturated heterocycles. The molecule has 0 spiro atoms. The third-order valence-corrected chi connectivity index (χ3v) is 8.58. The molecular weight excluding hydrogens is 344 g/mol. The van der Waals surface area contributed by atoms with Crippen LogP contribution in [0.4, 0.5) is 5.13 Å². The molecule has 2 heterocycles. The third kappa shape index (κ3) is 3.52.